The fraction of sp³-hybridized carbons (Fsp3) is 0.750. The Balaban J connectivity index is 3.16. The lowest BCUT2D eigenvalue weighted by atomic mass is 10.1. The minimum absolute atomic E-state index is 0.00928. The van der Waals surface area contributed by atoms with E-state index >= 15 is 0 Å². The van der Waals surface area contributed by atoms with E-state index in [1.54, 1.807) is 6.92 Å². The summed E-state index contributed by atoms with van der Waals surface area (Å²) in [4.78, 5) is 10.9. The Kier molecular flexibility index (Phi) is 8.77. The monoisotopic (exact) mass is 234 g/mol. The van der Waals surface area contributed by atoms with Crippen LogP contribution in [0.4, 0.5) is 8.78 Å². The molecule has 0 radical (unpaired) electrons. The summed E-state index contributed by atoms with van der Waals surface area (Å²) in [6.07, 6.45) is 1.81. The van der Waals surface area contributed by atoms with Crippen molar-refractivity contribution in [2.45, 2.75) is 51.9 Å². The van der Waals surface area contributed by atoms with Gasteiger partial charge in [-0.1, -0.05) is 25.8 Å². The first-order chi connectivity index (χ1) is 7.54. The van der Waals surface area contributed by atoms with Crippen molar-refractivity contribution in [3.05, 3.63) is 12.2 Å². The van der Waals surface area contributed by atoms with Crippen molar-refractivity contribution in [2.75, 3.05) is 6.61 Å². The van der Waals surface area contributed by atoms with Gasteiger partial charge in [0.15, 0.2) is 0 Å². The number of unbranched alkanes of at least 4 members (excludes halogenated alkanes) is 4. The third-order valence-electron chi connectivity index (χ3n) is 2.15. The van der Waals surface area contributed by atoms with E-state index in [2.05, 4.69) is 6.58 Å². The normalized spacial score (nSPS) is 10.5. The molecule has 94 valence electrons. The zero-order valence-electron chi connectivity index (χ0n) is 9.81. The van der Waals surface area contributed by atoms with Crippen molar-refractivity contribution in [3.8, 4) is 0 Å². The topological polar surface area (TPSA) is 26.3 Å². The van der Waals surface area contributed by atoms with Crippen molar-refractivity contribution in [1.29, 1.82) is 0 Å². The van der Waals surface area contributed by atoms with Crippen LogP contribution in [0.5, 0.6) is 0 Å². The molecule has 0 aliphatic heterocycles. The summed E-state index contributed by atoms with van der Waals surface area (Å²) in [5, 5.41) is 0. The lowest BCUT2D eigenvalue weighted by Crippen LogP contribution is -2.06. The molecule has 0 amide bonds. The van der Waals surface area contributed by atoms with E-state index < -0.39 is 6.43 Å². The molecule has 0 saturated heterocycles. The molecule has 0 atom stereocenters. The molecule has 0 spiro atoms. The van der Waals surface area contributed by atoms with Gasteiger partial charge in [-0.2, -0.15) is 0 Å². The Morgan fingerprint density at radius 1 is 1.19 bits per heavy atom. The van der Waals surface area contributed by atoms with Gasteiger partial charge in [-0.25, -0.2) is 13.6 Å². The van der Waals surface area contributed by atoms with Crippen LogP contribution in [0.2, 0.25) is 0 Å². The highest BCUT2D eigenvalue weighted by Gasteiger charge is 2.02. The van der Waals surface area contributed by atoms with E-state index in [9.17, 15) is 13.6 Å². The SMILES string of the molecule is C=C(C)C(=O)OCCCCCCCC(F)F. The molecule has 4 heteroatoms. The van der Waals surface area contributed by atoms with Crippen LogP contribution in [0, 0.1) is 0 Å². The van der Waals surface area contributed by atoms with Crippen molar-refractivity contribution >= 4 is 5.97 Å². The van der Waals surface area contributed by atoms with Crippen molar-refractivity contribution in [1.82, 2.24) is 0 Å². The molecule has 0 unspecified atom stereocenters. The van der Waals surface area contributed by atoms with Gasteiger partial charge in [-0.15, -0.1) is 0 Å². The maximum atomic E-state index is 11.8. The molecule has 0 aromatic rings. The number of carbonyl (C=O) groups is 1. The van der Waals surface area contributed by atoms with Gasteiger partial charge in [-0.3, -0.25) is 0 Å². The Labute approximate surface area is 95.7 Å². The minimum atomic E-state index is -2.18. The predicted octanol–water partition coefficient (Wildman–Crippen LogP) is 3.71. The number of halogens is 2. The van der Waals surface area contributed by atoms with E-state index in [0.717, 1.165) is 25.7 Å². The Morgan fingerprint density at radius 3 is 2.31 bits per heavy atom. The second-order valence-corrected chi connectivity index (χ2v) is 3.86. The highest BCUT2D eigenvalue weighted by atomic mass is 19.3. The molecule has 0 aromatic heterocycles. The smallest absolute Gasteiger partial charge is 0.333 e. The molecule has 0 bridgehead atoms. The number of hydrogen-bond donors (Lipinski definition) is 0. The second-order valence-electron chi connectivity index (χ2n) is 3.86. The van der Waals surface area contributed by atoms with Gasteiger partial charge in [-0.05, 0) is 19.8 Å². The summed E-state index contributed by atoms with van der Waals surface area (Å²) in [5.41, 5.74) is 0.400. The molecule has 16 heavy (non-hydrogen) atoms. The molecule has 0 aliphatic rings. The van der Waals surface area contributed by atoms with Crippen molar-refractivity contribution in [3.63, 3.8) is 0 Å². The molecular formula is C12H20F2O2. The van der Waals surface area contributed by atoms with Crippen LogP contribution in [0.1, 0.15) is 45.4 Å². The van der Waals surface area contributed by atoms with Gasteiger partial charge in [0, 0.05) is 12.0 Å². The van der Waals surface area contributed by atoms with Crippen molar-refractivity contribution in [2.24, 2.45) is 0 Å². The van der Waals surface area contributed by atoms with Gasteiger partial charge in [0.25, 0.3) is 0 Å². The van der Waals surface area contributed by atoms with Gasteiger partial charge in [0.1, 0.15) is 0 Å². The summed E-state index contributed by atoms with van der Waals surface area (Å²) < 4.78 is 28.4. The van der Waals surface area contributed by atoms with Gasteiger partial charge >= 0.3 is 5.97 Å². The van der Waals surface area contributed by atoms with Crippen LogP contribution in [-0.4, -0.2) is 19.0 Å². The highest BCUT2D eigenvalue weighted by Crippen LogP contribution is 2.10. The number of ether oxygens (including phenoxy) is 1. The first-order valence-corrected chi connectivity index (χ1v) is 5.65. The van der Waals surface area contributed by atoms with Crippen LogP contribution in [-0.2, 0) is 9.53 Å². The summed E-state index contributed by atoms with van der Waals surface area (Å²) >= 11 is 0. The Morgan fingerprint density at radius 2 is 1.75 bits per heavy atom. The maximum absolute atomic E-state index is 11.8. The minimum Gasteiger partial charge on any atom is -0.462 e. The largest absolute Gasteiger partial charge is 0.462 e. The number of hydrogen-bond acceptors (Lipinski definition) is 2. The highest BCUT2D eigenvalue weighted by molar-refractivity contribution is 5.86. The zero-order chi connectivity index (χ0) is 12.4. The summed E-state index contributed by atoms with van der Waals surface area (Å²) in [7, 11) is 0. The van der Waals surface area contributed by atoms with Crippen molar-refractivity contribution < 1.29 is 18.3 Å². The third kappa shape index (κ3) is 9.62. The first-order valence-electron chi connectivity index (χ1n) is 5.65. The van der Waals surface area contributed by atoms with E-state index in [4.69, 9.17) is 4.74 Å². The van der Waals surface area contributed by atoms with E-state index in [1.807, 2.05) is 0 Å². The molecule has 0 rings (SSSR count). The number of rotatable bonds is 9. The van der Waals surface area contributed by atoms with Crippen LogP contribution < -0.4 is 0 Å². The number of esters is 1. The zero-order valence-corrected chi connectivity index (χ0v) is 9.81. The third-order valence-corrected chi connectivity index (χ3v) is 2.15. The average molecular weight is 234 g/mol. The number of carbonyl (C=O) groups excluding carboxylic acids is 1. The molecule has 0 fully saturated rings. The number of alkyl halides is 2. The van der Waals surface area contributed by atoms with Crippen LogP contribution in [0.25, 0.3) is 0 Å². The van der Waals surface area contributed by atoms with Gasteiger partial charge in [0.2, 0.25) is 6.43 Å². The predicted molar refractivity (Wildman–Crippen MR) is 59.5 cm³/mol. The first kappa shape index (κ1) is 15.1. The standard InChI is InChI=1S/C12H20F2O2/c1-10(2)12(15)16-9-7-5-3-4-6-8-11(13)14/h11H,1,3-9H2,2H3. The fourth-order valence-corrected chi connectivity index (χ4v) is 1.22. The summed E-state index contributed by atoms with van der Waals surface area (Å²) in [6.45, 7) is 5.46. The van der Waals surface area contributed by atoms with Crippen LogP contribution in [0.3, 0.4) is 0 Å². The Hall–Kier alpha value is -0.930. The second kappa shape index (κ2) is 9.31. The molecule has 2 nitrogen and oxygen atoms in total. The van der Waals surface area contributed by atoms with E-state index in [1.165, 1.54) is 0 Å². The lowest BCUT2D eigenvalue weighted by Gasteiger charge is -2.04. The molecule has 0 aliphatic carbocycles. The average Bonchev–Trinajstić information content (AvgIpc) is 2.21. The molecule has 0 heterocycles. The fourth-order valence-electron chi connectivity index (χ4n) is 1.22. The van der Waals surface area contributed by atoms with Crippen LogP contribution in [0.15, 0.2) is 12.2 Å². The van der Waals surface area contributed by atoms with E-state index in [0.29, 0.717) is 18.6 Å². The van der Waals surface area contributed by atoms with Gasteiger partial charge < -0.3 is 4.74 Å². The molecule has 0 saturated carbocycles. The summed E-state index contributed by atoms with van der Waals surface area (Å²) in [6, 6.07) is 0. The molecule has 0 aromatic carbocycles. The van der Waals surface area contributed by atoms with Crippen LogP contribution >= 0.6 is 0 Å². The van der Waals surface area contributed by atoms with E-state index in [-0.39, 0.29) is 12.4 Å². The quantitative estimate of drug-likeness (QED) is 0.345. The van der Waals surface area contributed by atoms with Gasteiger partial charge in [0.05, 0.1) is 6.61 Å². The molecular weight excluding hydrogens is 214 g/mol. The summed E-state index contributed by atoms with van der Waals surface area (Å²) in [5.74, 6) is -0.363. The maximum Gasteiger partial charge on any atom is 0.333 e. The Bertz CT molecular complexity index is 215. The lowest BCUT2D eigenvalue weighted by molar-refractivity contribution is -0.139. The molecule has 0 N–H and O–H groups in total.